The van der Waals surface area contributed by atoms with E-state index in [1.54, 1.807) is 6.92 Å². The van der Waals surface area contributed by atoms with E-state index in [0.717, 1.165) is 0 Å². The van der Waals surface area contributed by atoms with Gasteiger partial charge < -0.3 is 15.4 Å². The first-order chi connectivity index (χ1) is 7.02. The Balaban J connectivity index is 4.16. The van der Waals surface area contributed by atoms with Crippen LogP contribution in [0.5, 0.6) is 0 Å². The fourth-order valence-corrected chi connectivity index (χ4v) is 0.930. The molecular formula is C9H14N2O4. The van der Waals surface area contributed by atoms with E-state index < -0.39 is 17.9 Å². The molecule has 0 saturated carbocycles. The third-order valence-corrected chi connectivity index (χ3v) is 1.76. The summed E-state index contributed by atoms with van der Waals surface area (Å²) < 4.78 is 0. The van der Waals surface area contributed by atoms with Crippen molar-refractivity contribution in [2.75, 3.05) is 6.54 Å². The highest BCUT2D eigenvalue weighted by Gasteiger charge is 2.19. The van der Waals surface area contributed by atoms with Crippen LogP contribution >= 0.6 is 0 Å². The van der Waals surface area contributed by atoms with Crippen LogP contribution < -0.4 is 10.6 Å². The van der Waals surface area contributed by atoms with Gasteiger partial charge in [0.25, 0.3) is 0 Å². The lowest BCUT2D eigenvalue weighted by molar-refractivity contribution is -0.140. The van der Waals surface area contributed by atoms with Crippen molar-refractivity contribution in [2.24, 2.45) is 0 Å². The highest BCUT2D eigenvalue weighted by Crippen LogP contribution is 1.91. The molecule has 0 aliphatic heterocycles. The Morgan fingerprint density at radius 3 is 2.27 bits per heavy atom. The number of hydrogen-bond donors (Lipinski definition) is 2. The van der Waals surface area contributed by atoms with E-state index in [1.165, 1.54) is 6.92 Å². The minimum absolute atomic E-state index is 0.214. The van der Waals surface area contributed by atoms with E-state index in [-0.39, 0.29) is 12.3 Å². The number of nitrogens with one attached hydrogen (secondary N) is 2. The van der Waals surface area contributed by atoms with Crippen LogP contribution in [-0.4, -0.2) is 36.5 Å². The molecule has 0 aromatic carbocycles. The average Bonchev–Trinajstić information content (AvgIpc) is 2.21. The molecule has 1 atom stereocenters. The van der Waals surface area contributed by atoms with E-state index in [2.05, 4.69) is 10.6 Å². The van der Waals surface area contributed by atoms with E-state index in [0.29, 0.717) is 12.7 Å². The molecule has 0 rings (SSSR count). The van der Waals surface area contributed by atoms with Crippen molar-refractivity contribution in [3.63, 3.8) is 0 Å². The number of carbonyl (C=O) groups excluding carboxylic acids is 4. The number of aldehydes is 1. The minimum Gasteiger partial charge on any atom is -0.341 e. The van der Waals surface area contributed by atoms with Gasteiger partial charge in [-0.3, -0.25) is 14.4 Å². The van der Waals surface area contributed by atoms with Gasteiger partial charge in [-0.25, -0.2) is 0 Å². The summed E-state index contributed by atoms with van der Waals surface area (Å²) in [4.78, 5) is 43.0. The average molecular weight is 214 g/mol. The third-order valence-electron chi connectivity index (χ3n) is 1.76. The topological polar surface area (TPSA) is 92.3 Å². The molecule has 0 spiro atoms. The van der Waals surface area contributed by atoms with Crippen molar-refractivity contribution in [1.82, 2.24) is 10.6 Å². The van der Waals surface area contributed by atoms with Crippen molar-refractivity contribution < 1.29 is 19.2 Å². The van der Waals surface area contributed by atoms with Gasteiger partial charge in [0.15, 0.2) is 5.78 Å². The molecule has 0 unspecified atom stereocenters. The molecule has 0 bridgehead atoms. The third kappa shape index (κ3) is 4.90. The Morgan fingerprint density at radius 2 is 1.87 bits per heavy atom. The first-order valence-corrected chi connectivity index (χ1v) is 4.55. The van der Waals surface area contributed by atoms with Crippen LogP contribution in [0.4, 0.5) is 0 Å². The lowest BCUT2D eigenvalue weighted by atomic mass is 10.1. The zero-order chi connectivity index (χ0) is 11.8. The first kappa shape index (κ1) is 13.3. The van der Waals surface area contributed by atoms with Gasteiger partial charge in [-0.1, -0.05) is 6.92 Å². The fourth-order valence-electron chi connectivity index (χ4n) is 0.930. The summed E-state index contributed by atoms with van der Waals surface area (Å²) in [5, 5.41) is 4.33. The summed E-state index contributed by atoms with van der Waals surface area (Å²) >= 11 is 0. The van der Waals surface area contributed by atoms with E-state index in [4.69, 9.17) is 0 Å². The van der Waals surface area contributed by atoms with Crippen LogP contribution in [0, 0.1) is 0 Å². The molecule has 0 radical (unpaired) electrons. The van der Waals surface area contributed by atoms with Gasteiger partial charge in [0.2, 0.25) is 0 Å². The second-order valence-corrected chi connectivity index (χ2v) is 2.92. The zero-order valence-electron chi connectivity index (χ0n) is 8.70. The largest absolute Gasteiger partial charge is 0.341 e. The summed E-state index contributed by atoms with van der Waals surface area (Å²) in [7, 11) is 0. The van der Waals surface area contributed by atoms with Crippen LogP contribution in [0.25, 0.3) is 0 Å². The lowest BCUT2D eigenvalue weighted by Crippen LogP contribution is -2.47. The highest BCUT2D eigenvalue weighted by atomic mass is 16.2. The standard InChI is InChI=1S/C9H14N2O4/c1-3-7(6(2)13)11-9(15)8(14)10-4-5-12/h5,7H,3-4H2,1-2H3,(H,10,14)(H,11,15)/t7-/m0/s1. The number of carbonyl (C=O) groups is 4. The maximum absolute atomic E-state index is 11.1. The van der Waals surface area contributed by atoms with Gasteiger partial charge in [0.1, 0.15) is 6.29 Å². The molecule has 2 amide bonds. The quantitative estimate of drug-likeness (QED) is 0.443. The molecule has 0 fully saturated rings. The van der Waals surface area contributed by atoms with Gasteiger partial charge in [-0.2, -0.15) is 0 Å². The summed E-state index contributed by atoms with van der Waals surface area (Å²) in [6.07, 6.45) is 0.884. The maximum Gasteiger partial charge on any atom is 0.309 e. The van der Waals surface area contributed by atoms with E-state index >= 15 is 0 Å². The number of Topliss-reactive ketones (excluding diaryl/α,β-unsaturated/α-hetero) is 1. The maximum atomic E-state index is 11.1. The molecule has 0 aliphatic carbocycles. The van der Waals surface area contributed by atoms with Crippen molar-refractivity contribution in [3.8, 4) is 0 Å². The van der Waals surface area contributed by atoms with Crippen molar-refractivity contribution in [1.29, 1.82) is 0 Å². The second-order valence-electron chi connectivity index (χ2n) is 2.92. The van der Waals surface area contributed by atoms with Crippen molar-refractivity contribution in [2.45, 2.75) is 26.3 Å². The minimum atomic E-state index is -0.915. The zero-order valence-corrected chi connectivity index (χ0v) is 8.70. The van der Waals surface area contributed by atoms with Crippen molar-refractivity contribution in [3.05, 3.63) is 0 Å². The van der Waals surface area contributed by atoms with Gasteiger partial charge >= 0.3 is 11.8 Å². The van der Waals surface area contributed by atoms with Crippen molar-refractivity contribution >= 4 is 23.9 Å². The Kier molecular flexibility index (Phi) is 5.92. The van der Waals surface area contributed by atoms with Crippen LogP contribution in [0.1, 0.15) is 20.3 Å². The highest BCUT2D eigenvalue weighted by molar-refractivity contribution is 6.35. The normalized spacial score (nSPS) is 11.3. The molecular weight excluding hydrogens is 200 g/mol. The molecule has 0 aliphatic rings. The van der Waals surface area contributed by atoms with E-state index in [1.807, 2.05) is 0 Å². The molecule has 84 valence electrons. The predicted octanol–water partition coefficient (Wildman–Crippen LogP) is -1.21. The SMILES string of the molecule is CC[C@H](NC(=O)C(=O)NCC=O)C(C)=O. The smallest absolute Gasteiger partial charge is 0.309 e. The van der Waals surface area contributed by atoms with Crippen LogP contribution in [0.15, 0.2) is 0 Å². The van der Waals surface area contributed by atoms with Gasteiger partial charge in [0.05, 0.1) is 12.6 Å². The number of amides is 2. The van der Waals surface area contributed by atoms with Gasteiger partial charge in [0, 0.05) is 0 Å². The molecule has 15 heavy (non-hydrogen) atoms. The molecule has 6 heteroatoms. The Labute approximate surface area is 87.4 Å². The molecule has 2 N–H and O–H groups in total. The van der Waals surface area contributed by atoms with Gasteiger partial charge in [-0.05, 0) is 13.3 Å². The van der Waals surface area contributed by atoms with Crippen LogP contribution in [0.3, 0.4) is 0 Å². The molecule has 6 nitrogen and oxygen atoms in total. The number of rotatable bonds is 5. The number of hydrogen-bond acceptors (Lipinski definition) is 4. The Hall–Kier alpha value is -1.72. The molecule has 0 aromatic rings. The summed E-state index contributed by atoms with van der Waals surface area (Å²) in [6, 6.07) is -0.653. The fraction of sp³-hybridized carbons (Fsp3) is 0.556. The lowest BCUT2D eigenvalue weighted by Gasteiger charge is -2.12. The Bertz CT molecular complexity index is 275. The first-order valence-electron chi connectivity index (χ1n) is 4.55. The number of ketones is 1. The predicted molar refractivity (Wildman–Crippen MR) is 52.0 cm³/mol. The summed E-state index contributed by atoms with van der Waals surface area (Å²) in [6.45, 7) is 2.83. The summed E-state index contributed by atoms with van der Waals surface area (Å²) in [5.41, 5.74) is 0. The summed E-state index contributed by atoms with van der Waals surface area (Å²) in [5.74, 6) is -2.03. The molecule has 0 heterocycles. The molecule has 0 saturated heterocycles. The Morgan fingerprint density at radius 1 is 1.27 bits per heavy atom. The van der Waals surface area contributed by atoms with Crippen LogP contribution in [0.2, 0.25) is 0 Å². The second kappa shape index (κ2) is 6.69. The monoisotopic (exact) mass is 214 g/mol. The van der Waals surface area contributed by atoms with E-state index in [9.17, 15) is 19.2 Å². The van der Waals surface area contributed by atoms with Gasteiger partial charge in [-0.15, -0.1) is 0 Å². The van der Waals surface area contributed by atoms with Crippen LogP contribution in [-0.2, 0) is 19.2 Å². The molecule has 0 aromatic heterocycles.